The van der Waals surface area contributed by atoms with Crippen molar-refractivity contribution in [2.75, 3.05) is 6.61 Å². The van der Waals surface area contributed by atoms with Gasteiger partial charge in [-0.2, -0.15) is 0 Å². The van der Waals surface area contributed by atoms with Crippen molar-refractivity contribution in [3.05, 3.63) is 29.3 Å². The quantitative estimate of drug-likeness (QED) is 0.424. The Morgan fingerprint density at radius 2 is 1.77 bits per heavy atom. The highest BCUT2D eigenvalue weighted by Gasteiger charge is 2.37. The molecule has 0 aliphatic heterocycles. The molecule has 1 aromatic rings. The van der Waals surface area contributed by atoms with E-state index in [1.807, 2.05) is 37.4 Å². The zero-order valence-electron chi connectivity index (χ0n) is 14.6. The molecule has 0 saturated carbocycles. The Labute approximate surface area is 142 Å². The van der Waals surface area contributed by atoms with Crippen LogP contribution in [0.3, 0.4) is 0 Å². The molecule has 6 heteroatoms. The lowest BCUT2D eigenvalue weighted by molar-refractivity contribution is 0.222. The van der Waals surface area contributed by atoms with E-state index >= 15 is 0 Å². The second-order valence-electron chi connectivity index (χ2n) is 6.85. The van der Waals surface area contributed by atoms with Gasteiger partial charge in [0, 0.05) is 11.6 Å². The fraction of sp³-hybridized carbons (Fsp3) is 0.625. The summed E-state index contributed by atoms with van der Waals surface area (Å²) in [5.41, 5.74) is 0. The lowest BCUT2D eigenvalue weighted by atomic mass is 10.1. The molecular weight excluding hydrogens is 332 g/mol. The van der Waals surface area contributed by atoms with E-state index in [4.69, 9.17) is 24.6 Å². The molecule has 0 unspecified atom stereocenters. The number of benzene rings is 1. The standard InChI is InChI=1S/C16H29ClO3Si2/c1-14(2)9-8-12-18-21(3,4)20-22(5,6)19-16-11-7-10-15(17)13-16/h7,10-11,13-14H,8-9,12H2,1-6H3. The van der Waals surface area contributed by atoms with E-state index in [1.165, 1.54) is 6.42 Å². The molecule has 0 amide bonds. The summed E-state index contributed by atoms with van der Waals surface area (Å²) in [6.07, 6.45) is 2.26. The Hall–Kier alpha value is -0.336. The number of rotatable bonds is 9. The Bertz CT molecular complexity index is 464. The smallest absolute Gasteiger partial charge is 0.383 e. The number of hydrogen-bond donors (Lipinski definition) is 0. The van der Waals surface area contributed by atoms with Crippen LogP contribution < -0.4 is 4.43 Å². The molecule has 126 valence electrons. The summed E-state index contributed by atoms with van der Waals surface area (Å²) in [5.74, 6) is 1.47. The van der Waals surface area contributed by atoms with Gasteiger partial charge in [0.05, 0.1) is 0 Å². The highest BCUT2D eigenvalue weighted by atomic mass is 35.5. The van der Waals surface area contributed by atoms with Gasteiger partial charge in [-0.05, 0) is 63.1 Å². The van der Waals surface area contributed by atoms with Crippen molar-refractivity contribution < 1.29 is 13.0 Å². The van der Waals surface area contributed by atoms with Crippen LogP contribution in [0.5, 0.6) is 5.75 Å². The molecule has 0 atom stereocenters. The minimum absolute atomic E-state index is 0.670. The van der Waals surface area contributed by atoms with E-state index in [1.54, 1.807) is 0 Å². The van der Waals surface area contributed by atoms with E-state index in [0.29, 0.717) is 10.9 Å². The molecule has 0 aromatic heterocycles. The van der Waals surface area contributed by atoms with Gasteiger partial charge in [0.25, 0.3) is 0 Å². The fourth-order valence-corrected chi connectivity index (χ4v) is 8.91. The molecule has 0 aliphatic rings. The van der Waals surface area contributed by atoms with E-state index in [9.17, 15) is 0 Å². The van der Waals surface area contributed by atoms with Crippen molar-refractivity contribution in [2.24, 2.45) is 5.92 Å². The Kier molecular flexibility index (Phi) is 7.61. The predicted molar refractivity (Wildman–Crippen MR) is 98.2 cm³/mol. The summed E-state index contributed by atoms with van der Waals surface area (Å²) in [4.78, 5) is 0. The Morgan fingerprint density at radius 3 is 2.36 bits per heavy atom. The molecule has 3 nitrogen and oxygen atoms in total. The highest BCUT2D eigenvalue weighted by Crippen LogP contribution is 2.23. The lowest BCUT2D eigenvalue weighted by Gasteiger charge is -2.33. The van der Waals surface area contributed by atoms with Crippen molar-refractivity contribution >= 4 is 28.7 Å². The van der Waals surface area contributed by atoms with Gasteiger partial charge in [-0.15, -0.1) is 0 Å². The minimum atomic E-state index is -2.31. The summed E-state index contributed by atoms with van der Waals surface area (Å²) in [6, 6.07) is 7.44. The maximum atomic E-state index is 6.27. The monoisotopic (exact) mass is 360 g/mol. The van der Waals surface area contributed by atoms with Crippen LogP contribution in [0.1, 0.15) is 26.7 Å². The van der Waals surface area contributed by atoms with Crippen LogP contribution >= 0.6 is 11.6 Å². The molecule has 0 N–H and O–H groups in total. The van der Waals surface area contributed by atoms with E-state index in [0.717, 1.165) is 18.8 Å². The van der Waals surface area contributed by atoms with Crippen LogP contribution in [-0.4, -0.2) is 23.7 Å². The molecule has 0 saturated heterocycles. The third-order valence-corrected chi connectivity index (χ3v) is 8.82. The van der Waals surface area contributed by atoms with Crippen molar-refractivity contribution in [2.45, 2.75) is 52.9 Å². The van der Waals surface area contributed by atoms with Gasteiger partial charge >= 0.3 is 17.1 Å². The first-order chi connectivity index (χ1) is 10.1. The van der Waals surface area contributed by atoms with E-state index in [-0.39, 0.29) is 0 Å². The first kappa shape index (κ1) is 19.7. The molecule has 22 heavy (non-hydrogen) atoms. The van der Waals surface area contributed by atoms with E-state index < -0.39 is 17.1 Å². The van der Waals surface area contributed by atoms with Gasteiger partial charge in [-0.25, -0.2) is 0 Å². The summed E-state index contributed by atoms with van der Waals surface area (Å²) < 4.78 is 18.3. The average Bonchev–Trinajstić information content (AvgIpc) is 2.32. The molecule has 0 aliphatic carbocycles. The molecule has 1 aromatic carbocycles. The molecule has 0 heterocycles. The van der Waals surface area contributed by atoms with Gasteiger partial charge in [-0.1, -0.05) is 31.5 Å². The van der Waals surface area contributed by atoms with Gasteiger partial charge in [0.2, 0.25) is 0 Å². The number of hydrogen-bond acceptors (Lipinski definition) is 3. The van der Waals surface area contributed by atoms with Crippen molar-refractivity contribution in [3.8, 4) is 5.75 Å². The highest BCUT2D eigenvalue weighted by molar-refractivity contribution is 6.79. The molecule has 0 radical (unpaired) electrons. The van der Waals surface area contributed by atoms with Gasteiger partial charge < -0.3 is 13.0 Å². The molecule has 1 rings (SSSR count). The van der Waals surface area contributed by atoms with Crippen molar-refractivity contribution in [1.82, 2.24) is 0 Å². The van der Waals surface area contributed by atoms with Gasteiger partial charge in [0.1, 0.15) is 5.75 Å². The maximum Gasteiger partial charge on any atom is 0.383 e. The van der Waals surface area contributed by atoms with Crippen LogP contribution in [0.25, 0.3) is 0 Å². The second-order valence-corrected chi connectivity index (χ2v) is 14.2. The number of halogens is 1. The van der Waals surface area contributed by atoms with Crippen LogP contribution in [-0.2, 0) is 8.54 Å². The maximum absolute atomic E-state index is 6.27. The van der Waals surface area contributed by atoms with Gasteiger partial charge in [-0.3, -0.25) is 0 Å². The van der Waals surface area contributed by atoms with Gasteiger partial charge in [0.15, 0.2) is 0 Å². The molecule has 0 fully saturated rings. The Morgan fingerprint density at radius 1 is 1.09 bits per heavy atom. The summed E-state index contributed by atoms with van der Waals surface area (Å²) in [7, 11) is -4.48. The summed E-state index contributed by atoms with van der Waals surface area (Å²) in [5, 5.41) is 0.670. The van der Waals surface area contributed by atoms with Crippen molar-refractivity contribution in [3.63, 3.8) is 0 Å². The molecular formula is C16H29ClO3Si2. The first-order valence-corrected chi connectivity index (χ1v) is 13.9. The topological polar surface area (TPSA) is 27.7 Å². The summed E-state index contributed by atoms with van der Waals surface area (Å²) >= 11 is 6.00. The molecule has 0 bridgehead atoms. The first-order valence-electron chi connectivity index (χ1n) is 7.88. The average molecular weight is 361 g/mol. The second kappa shape index (κ2) is 8.50. The summed E-state index contributed by atoms with van der Waals surface area (Å²) in [6.45, 7) is 13.5. The van der Waals surface area contributed by atoms with Crippen LogP contribution in [0.2, 0.25) is 31.2 Å². The largest absolute Gasteiger partial charge is 0.521 e. The Balaban J connectivity index is 2.50. The predicted octanol–water partition coefficient (Wildman–Crippen LogP) is 5.59. The third kappa shape index (κ3) is 8.34. The SMILES string of the molecule is CC(C)CCCO[Si](C)(C)O[Si](C)(C)Oc1cccc(Cl)c1. The molecule has 0 spiro atoms. The van der Waals surface area contributed by atoms with Crippen LogP contribution in [0.4, 0.5) is 0 Å². The van der Waals surface area contributed by atoms with Crippen molar-refractivity contribution in [1.29, 1.82) is 0 Å². The third-order valence-electron chi connectivity index (χ3n) is 3.03. The van der Waals surface area contributed by atoms with Crippen LogP contribution in [0.15, 0.2) is 24.3 Å². The fourth-order valence-electron chi connectivity index (χ4n) is 2.27. The van der Waals surface area contributed by atoms with E-state index in [2.05, 4.69) is 26.9 Å². The lowest BCUT2D eigenvalue weighted by Crippen LogP contribution is -2.50. The zero-order chi connectivity index (χ0) is 16.8. The van der Waals surface area contributed by atoms with Crippen LogP contribution in [0, 0.1) is 5.92 Å². The zero-order valence-corrected chi connectivity index (χ0v) is 17.4. The minimum Gasteiger partial charge on any atom is -0.521 e. The normalized spacial score (nSPS) is 12.7.